The van der Waals surface area contributed by atoms with Gasteiger partial charge in [0, 0.05) is 11.2 Å². The van der Waals surface area contributed by atoms with Crippen molar-refractivity contribution in [3.05, 3.63) is 0 Å². The molecule has 1 saturated heterocycles. The monoisotopic (exact) mass is 170 g/mol. The van der Waals surface area contributed by atoms with Crippen molar-refractivity contribution in [1.29, 1.82) is 0 Å². The number of hydrogen-bond donors (Lipinski definition) is 1. The van der Waals surface area contributed by atoms with Crippen molar-refractivity contribution < 1.29 is 5.11 Å². The first-order chi connectivity index (χ1) is 5.08. The van der Waals surface area contributed by atoms with Gasteiger partial charge in [-0.1, -0.05) is 19.8 Å². The molecule has 0 aliphatic carbocycles. The van der Waals surface area contributed by atoms with Gasteiger partial charge in [0.05, 0.1) is 0 Å². The number of hydrogen-bond acceptors (Lipinski definition) is 2. The van der Waals surface area contributed by atoms with Crippen molar-refractivity contribution in [3.63, 3.8) is 0 Å². The zero-order valence-corrected chi connectivity index (χ0v) is 7.82. The summed E-state index contributed by atoms with van der Waals surface area (Å²) in [5.41, 5.74) is -0.843. The molecule has 1 heterocycles. The molecular weight excluding hydrogens is 156 g/mol. The molecule has 0 aromatic carbocycles. The Kier molecular flexibility index (Phi) is 2.51. The van der Waals surface area contributed by atoms with E-state index in [0.717, 1.165) is 12.2 Å². The van der Waals surface area contributed by atoms with Crippen molar-refractivity contribution in [2.45, 2.75) is 31.1 Å². The third-order valence-electron chi connectivity index (χ3n) is 2.29. The van der Waals surface area contributed by atoms with E-state index in [1.165, 1.54) is 0 Å². The van der Waals surface area contributed by atoms with E-state index in [2.05, 4.69) is 12.8 Å². The molecule has 1 rings (SSSR count). The number of aliphatic hydroxyl groups is 1. The second-order valence-corrected chi connectivity index (χ2v) is 4.79. The molecule has 3 atom stereocenters. The van der Waals surface area contributed by atoms with Gasteiger partial charge in [0.15, 0.2) is 0 Å². The first-order valence-corrected chi connectivity index (χ1v) is 4.95. The van der Waals surface area contributed by atoms with Crippen molar-refractivity contribution in [1.82, 2.24) is 0 Å². The number of terminal acetylenes is 1. The summed E-state index contributed by atoms with van der Waals surface area (Å²) in [6.45, 7) is 4.12. The smallest absolute Gasteiger partial charge is 0.129 e. The van der Waals surface area contributed by atoms with Gasteiger partial charge in [-0.2, -0.15) is 11.8 Å². The lowest BCUT2D eigenvalue weighted by molar-refractivity contribution is 0.0432. The van der Waals surface area contributed by atoms with Crippen LogP contribution in [0.2, 0.25) is 0 Å². The Morgan fingerprint density at radius 1 is 1.64 bits per heavy atom. The molecule has 1 unspecified atom stereocenters. The summed E-state index contributed by atoms with van der Waals surface area (Å²) in [6.07, 6.45) is 6.01. The summed E-state index contributed by atoms with van der Waals surface area (Å²) in [4.78, 5) is 0. The van der Waals surface area contributed by atoms with E-state index in [1.54, 1.807) is 0 Å². The van der Waals surface area contributed by atoms with Gasteiger partial charge in [0.2, 0.25) is 0 Å². The predicted molar refractivity (Wildman–Crippen MR) is 49.5 cm³/mol. The molecule has 1 nitrogen and oxygen atoms in total. The standard InChI is InChI=1S/C9H14OS/c1-4-9(10)5-8(3)11-6-7(9)2/h1,7-8,10H,5-6H2,2-3H3/t7-,8-,9?/m0/s1. The third-order valence-corrected chi connectivity index (χ3v) is 3.72. The van der Waals surface area contributed by atoms with Crippen molar-refractivity contribution >= 4 is 11.8 Å². The molecule has 11 heavy (non-hydrogen) atoms. The second-order valence-electron chi connectivity index (χ2n) is 3.32. The first kappa shape index (κ1) is 8.96. The Morgan fingerprint density at radius 2 is 2.27 bits per heavy atom. The average molecular weight is 170 g/mol. The fraction of sp³-hybridized carbons (Fsp3) is 0.778. The summed E-state index contributed by atoms with van der Waals surface area (Å²) in [5, 5.41) is 10.4. The molecule has 1 aliphatic rings. The molecule has 0 amide bonds. The largest absolute Gasteiger partial charge is 0.377 e. The van der Waals surface area contributed by atoms with Crippen molar-refractivity contribution in [2.75, 3.05) is 5.75 Å². The van der Waals surface area contributed by atoms with Gasteiger partial charge >= 0.3 is 0 Å². The van der Waals surface area contributed by atoms with Crippen LogP contribution in [0.1, 0.15) is 20.3 Å². The Balaban J connectivity index is 2.70. The van der Waals surface area contributed by atoms with Crippen LogP contribution in [0.5, 0.6) is 0 Å². The SMILES string of the molecule is C#CC1(O)C[C@H](C)SC[C@@H]1C. The van der Waals surface area contributed by atoms with Gasteiger partial charge in [-0.15, -0.1) is 6.42 Å². The van der Waals surface area contributed by atoms with E-state index in [0.29, 0.717) is 5.25 Å². The van der Waals surface area contributed by atoms with Crippen LogP contribution < -0.4 is 0 Å². The van der Waals surface area contributed by atoms with Gasteiger partial charge in [-0.05, 0) is 12.2 Å². The van der Waals surface area contributed by atoms with Gasteiger partial charge in [-0.25, -0.2) is 0 Å². The fourth-order valence-electron chi connectivity index (χ4n) is 1.35. The van der Waals surface area contributed by atoms with Crippen LogP contribution in [0.15, 0.2) is 0 Å². The minimum absolute atomic E-state index is 0.230. The highest BCUT2D eigenvalue weighted by atomic mass is 32.2. The maximum absolute atomic E-state index is 9.87. The first-order valence-electron chi connectivity index (χ1n) is 3.90. The second kappa shape index (κ2) is 3.08. The van der Waals surface area contributed by atoms with Crippen LogP contribution in [-0.2, 0) is 0 Å². The maximum atomic E-state index is 9.87. The molecule has 2 heteroatoms. The van der Waals surface area contributed by atoms with Crippen LogP contribution in [0, 0.1) is 18.3 Å². The summed E-state index contributed by atoms with van der Waals surface area (Å²) < 4.78 is 0. The molecule has 0 saturated carbocycles. The summed E-state index contributed by atoms with van der Waals surface area (Å²) in [5.74, 6) is 3.71. The molecular formula is C9H14OS. The fourth-order valence-corrected chi connectivity index (χ4v) is 2.61. The van der Waals surface area contributed by atoms with E-state index in [4.69, 9.17) is 6.42 Å². The lowest BCUT2D eigenvalue weighted by Crippen LogP contribution is -2.42. The third kappa shape index (κ3) is 1.72. The van der Waals surface area contributed by atoms with E-state index in [-0.39, 0.29) is 5.92 Å². The Hall–Kier alpha value is -0.130. The van der Waals surface area contributed by atoms with E-state index >= 15 is 0 Å². The zero-order chi connectivity index (χ0) is 8.48. The maximum Gasteiger partial charge on any atom is 0.129 e. The van der Waals surface area contributed by atoms with E-state index in [9.17, 15) is 5.11 Å². The highest BCUT2D eigenvalue weighted by Crippen LogP contribution is 2.36. The molecule has 1 N–H and O–H groups in total. The molecule has 0 bridgehead atoms. The van der Waals surface area contributed by atoms with Crippen LogP contribution in [0.4, 0.5) is 0 Å². The molecule has 0 aromatic heterocycles. The van der Waals surface area contributed by atoms with Crippen LogP contribution >= 0.6 is 11.8 Å². The Labute approximate surface area is 72.6 Å². The van der Waals surface area contributed by atoms with Gasteiger partial charge in [-0.3, -0.25) is 0 Å². The highest BCUT2D eigenvalue weighted by molar-refractivity contribution is 7.99. The zero-order valence-electron chi connectivity index (χ0n) is 7.00. The normalized spacial score (nSPS) is 44.9. The Bertz CT molecular complexity index is 184. The summed E-state index contributed by atoms with van der Waals surface area (Å²) >= 11 is 1.89. The topological polar surface area (TPSA) is 20.2 Å². The van der Waals surface area contributed by atoms with Crippen molar-refractivity contribution in [3.8, 4) is 12.3 Å². The van der Waals surface area contributed by atoms with E-state index < -0.39 is 5.60 Å². The van der Waals surface area contributed by atoms with Crippen molar-refractivity contribution in [2.24, 2.45) is 5.92 Å². The van der Waals surface area contributed by atoms with E-state index in [1.807, 2.05) is 18.7 Å². The van der Waals surface area contributed by atoms with Gasteiger partial charge in [0.25, 0.3) is 0 Å². The van der Waals surface area contributed by atoms with Crippen LogP contribution in [0.25, 0.3) is 0 Å². The highest BCUT2D eigenvalue weighted by Gasteiger charge is 2.37. The van der Waals surface area contributed by atoms with Crippen LogP contribution in [0.3, 0.4) is 0 Å². The average Bonchev–Trinajstić information content (AvgIpc) is 1.98. The minimum atomic E-state index is -0.843. The molecule has 0 radical (unpaired) electrons. The minimum Gasteiger partial charge on any atom is -0.377 e. The number of rotatable bonds is 0. The number of thioether (sulfide) groups is 1. The van der Waals surface area contributed by atoms with Crippen LogP contribution in [-0.4, -0.2) is 21.7 Å². The predicted octanol–water partition coefficient (Wildman–Crippen LogP) is 1.51. The quantitative estimate of drug-likeness (QED) is 0.556. The summed E-state index contributed by atoms with van der Waals surface area (Å²) in [6, 6.07) is 0. The Morgan fingerprint density at radius 3 is 2.73 bits per heavy atom. The molecule has 1 fully saturated rings. The molecule has 1 aliphatic heterocycles. The molecule has 0 spiro atoms. The molecule has 0 aromatic rings. The van der Waals surface area contributed by atoms with Gasteiger partial charge in [0.1, 0.15) is 5.60 Å². The summed E-state index contributed by atoms with van der Waals surface area (Å²) in [7, 11) is 0. The lowest BCUT2D eigenvalue weighted by atomic mass is 9.86. The van der Waals surface area contributed by atoms with Gasteiger partial charge < -0.3 is 5.11 Å². The molecule has 62 valence electrons. The lowest BCUT2D eigenvalue weighted by Gasteiger charge is -2.36.